The molecule has 0 radical (unpaired) electrons. The Kier molecular flexibility index (Phi) is 5.11. The normalized spacial score (nSPS) is 11.3. The highest BCUT2D eigenvalue weighted by Gasteiger charge is 2.13. The lowest BCUT2D eigenvalue weighted by Gasteiger charge is -2.07. The number of carboxylic acid groups (broad SMARTS) is 1. The number of carboxylic acids is 1. The summed E-state index contributed by atoms with van der Waals surface area (Å²) < 4.78 is 5.44. The van der Waals surface area contributed by atoms with Crippen molar-refractivity contribution in [1.29, 1.82) is 0 Å². The highest BCUT2D eigenvalue weighted by atomic mass is 79.9. The van der Waals surface area contributed by atoms with E-state index in [-0.39, 0.29) is 11.3 Å². The highest BCUT2D eigenvalue weighted by Crippen LogP contribution is 2.34. The molecule has 2 N–H and O–H groups in total. The fourth-order valence-electron chi connectivity index (χ4n) is 1.89. The first-order valence-corrected chi connectivity index (χ1v) is 7.37. The summed E-state index contributed by atoms with van der Waals surface area (Å²) in [6.07, 6.45) is 1.37. The molecule has 0 fully saturated rings. The smallest absolute Gasteiger partial charge is 0.336 e. The third-order valence-corrected chi connectivity index (χ3v) is 3.81. The lowest BCUT2D eigenvalue weighted by Crippen LogP contribution is -2.00. The molecule has 114 valence electrons. The molecule has 0 saturated heterocycles. The van der Waals surface area contributed by atoms with Crippen LogP contribution in [0.1, 0.15) is 11.1 Å². The standard InChI is InChI=1S/C16H12BrClO4/c1-22-12-4-2-9(3-5-12)13(16(20)21)7-10-6-11(18)8-14(17)15(10)19/h2-8,19H,1H3,(H,20,21)/b13-7-. The molecule has 0 aliphatic carbocycles. The fraction of sp³-hybridized carbons (Fsp3) is 0.0625. The van der Waals surface area contributed by atoms with Gasteiger partial charge >= 0.3 is 5.97 Å². The molecular weight excluding hydrogens is 372 g/mol. The predicted octanol–water partition coefficient (Wildman–Crippen LogP) is 4.44. The molecule has 0 atom stereocenters. The van der Waals surface area contributed by atoms with E-state index in [2.05, 4.69) is 15.9 Å². The maximum atomic E-state index is 11.5. The zero-order valence-electron chi connectivity index (χ0n) is 11.5. The molecule has 6 heteroatoms. The molecule has 0 amide bonds. The van der Waals surface area contributed by atoms with Crippen LogP contribution in [0.3, 0.4) is 0 Å². The van der Waals surface area contributed by atoms with Gasteiger partial charge in [-0.3, -0.25) is 0 Å². The summed E-state index contributed by atoms with van der Waals surface area (Å²) in [7, 11) is 1.53. The number of aliphatic carboxylic acids is 1. The molecule has 0 unspecified atom stereocenters. The van der Waals surface area contributed by atoms with Crippen molar-refractivity contribution in [3.8, 4) is 11.5 Å². The van der Waals surface area contributed by atoms with Crippen LogP contribution < -0.4 is 4.74 Å². The number of rotatable bonds is 4. The van der Waals surface area contributed by atoms with E-state index in [0.29, 0.717) is 26.4 Å². The predicted molar refractivity (Wildman–Crippen MR) is 89.3 cm³/mol. The quantitative estimate of drug-likeness (QED) is 0.605. The van der Waals surface area contributed by atoms with Gasteiger partial charge in [-0.1, -0.05) is 23.7 Å². The minimum absolute atomic E-state index is 0.0344. The Morgan fingerprint density at radius 2 is 1.91 bits per heavy atom. The largest absolute Gasteiger partial charge is 0.506 e. The molecule has 0 aromatic heterocycles. The van der Waals surface area contributed by atoms with Crippen molar-refractivity contribution < 1.29 is 19.7 Å². The Morgan fingerprint density at radius 3 is 2.45 bits per heavy atom. The Labute approximate surface area is 140 Å². The van der Waals surface area contributed by atoms with Gasteiger partial charge in [-0.15, -0.1) is 0 Å². The number of hydrogen-bond donors (Lipinski definition) is 2. The second-order valence-corrected chi connectivity index (χ2v) is 5.71. The summed E-state index contributed by atoms with van der Waals surface area (Å²) in [5, 5.41) is 19.8. The van der Waals surface area contributed by atoms with Crippen LogP contribution in [-0.4, -0.2) is 23.3 Å². The number of hydrogen-bond acceptors (Lipinski definition) is 3. The maximum absolute atomic E-state index is 11.5. The van der Waals surface area contributed by atoms with Crippen LogP contribution >= 0.6 is 27.5 Å². The minimum Gasteiger partial charge on any atom is -0.506 e. The topological polar surface area (TPSA) is 66.8 Å². The lowest BCUT2D eigenvalue weighted by molar-refractivity contribution is -0.130. The van der Waals surface area contributed by atoms with Gasteiger partial charge in [0, 0.05) is 10.6 Å². The molecule has 0 aliphatic rings. The van der Waals surface area contributed by atoms with Crippen molar-refractivity contribution in [2.24, 2.45) is 0 Å². The number of methoxy groups -OCH3 is 1. The molecule has 2 aromatic carbocycles. The van der Waals surface area contributed by atoms with Gasteiger partial charge < -0.3 is 14.9 Å². The van der Waals surface area contributed by atoms with Crippen LogP contribution in [0.25, 0.3) is 11.6 Å². The Morgan fingerprint density at radius 1 is 1.27 bits per heavy atom. The van der Waals surface area contributed by atoms with Gasteiger partial charge in [0.2, 0.25) is 0 Å². The van der Waals surface area contributed by atoms with Crippen LogP contribution in [0.4, 0.5) is 0 Å². The highest BCUT2D eigenvalue weighted by molar-refractivity contribution is 9.10. The van der Waals surface area contributed by atoms with Gasteiger partial charge in [0.15, 0.2) is 0 Å². The number of carbonyl (C=O) groups is 1. The number of benzene rings is 2. The molecule has 22 heavy (non-hydrogen) atoms. The zero-order valence-corrected chi connectivity index (χ0v) is 13.9. The molecule has 2 aromatic rings. The Hall–Kier alpha value is -1.98. The summed E-state index contributed by atoms with van der Waals surface area (Å²) in [5.74, 6) is -0.556. The average Bonchev–Trinajstić information content (AvgIpc) is 2.49. The van der Waals surface area contributed by atoms with E-state index in [1.165, 1.54) is 25.3 Å². The van der Waals surface area contributed by atoms with Crippen LogP contribution in [0.15, 0.2) is 40.9 Å². The van der Waals surface area contributed by atoms with Crippen LogP contribution in [0.2, 0.25) is 5.02 Å². The second kappa shape index (κ2) is 6.85. The maximum Gasteiger partial charge on any atom is 0.336 e. The molecule has 4 nitrogen and oxygen atoms in total. The Bertz CT molecular complexity index is 739. The molecule has 0 saturated carbocycles. The van der Waals surface area contributed by atoms with Crippen molar-refractivity contribution in [3.05, 3.63) is 57.0 Å². The molecule has 0 aliphatic heterocycles. The van der Waals surface area contributed by atoms with Gasteiger partial charge in [-0.05, 0) is 51.8 Å². The van der Waals surface area contributed by atoms with Crippen LogP contribution in [-0.2, 0) is 4.79 Å². The van der Waals surface area contributed by atoms with Gasteiger partial charge in [0.05, 0.1) is 17.2 Å². The average molecular weight is 384 g/mol. The van der Waals surface area contributed by atoms with Crippen molar-refractivity contribution in [3.63, 3.8) is 0 Å². The number of aromatic hydroxyl groups is 1. The third kappa shape index (κ3) is 3.61. The molecule has 2 rings (SSSR count). The van der Waals surface area contributed by atoms with Crippen LogP contribution in [0.5, 0.6) is 11.5 Å². The van der Waals surface area contributed by atoms with Gasteiger partial charge in [0.25, 0.3) is 0 Å². The van der Waals surface area contributed by atoms with E-state index in [1.54, 1.807) is 24.3 Å². The van der Waals surface area contributed by atoms with Crippen molar-refractivity contribution in [2.45, 2.75) is 0 Å². The number of phenolic OH excluding ortho intramolecular Hbond substituents is 1. The number of halogens is 2. The van der Waals surface area contributed by atoms with E-state index in [0.717, 1.165) is 0 Å². The third-order valence-electron chi connectivity index (χ3n) is 2.99. The zero-order chi connectivity index (χ0) is 16.3. The number of phenols is 1. The number of ether oxygens (including phenoxy) is 1. The van der Waals surface area contributed by atoms with Gasteiger partial charge in [-0.2, -0.15) is 0 Å². The Balaban J connectivity index is 2.54. The first-order valence-electron chi connectivity index (χ1n) is 6.20. The van der Waals surface area contributed by atoms with Crippen LogP contribution in [0, 0.1) is 0 Å². The van der Waals surface area contributed by atoms with Gasteiger partial charge in [-0.25, -0.2) is 4.79 Å². The molecule has 0 heterocycles. The van der Waals surface area contributed by atoms with Crippen molar-refractivity contribution >= 4 is 45.1 Å². The molecular formula is C16H12BrClO4. The summed E-state index contributed by atoms with van der Waals surface area (Å²) >= 11 is 9.11. The summed E-state index contributed by atoms with van der Waals surface area (Å²) in [4.78, 5) is 11.5. The first-order chi connectivity index (χ1) is 10.4. The van der Waals surface area contributed by atoms with E-state index >= 15 is 0 Å². The molecule has 0 bridgehead atoms. The minimum atomic E-state index is -1.11. The van der Waals surface area contributed by atoms with Gasteiger partial charge in [0.1, 0.15) is 11.5 Å². The van der Waals surface area contributed by atoms with E-state index < -0.39 is 5.97 Å². The SMILES string of the molecule is COc1ccc(/C(=C/c2cc(Cl)cc(Br)c2O)C(=O)O)cc1. The first kappa shape index (κ1) is 16.4. The lowest BCUT2D eigenvalue weighted by atomic mass is 10.0. The van der Waals surface area contributed by atoms with E-state index in [4.69, 9.17) is 16.3 Å². The van der Waals surface area contributed by atoms with Crippen molar-refractivity contribution in [1.82, 2.24) is 0 Å². The van der Waals surface area contributed by atoms with Crippen molar-refractivity contribution in [2.75, 3.05) is 7.11 Å². The second-order valence-electron chi connectivity index (χ2n) is 4.42. The summed E-state index contributed by atoms with van der Waals surface area (Å²) in [5.41, 5.74) is 0.837. The monoisotopic (exact) mass is 382 g/mol. The van der Waals surface area contributed by atoms with E-state index in [1.807, 2.05) is 0 Å². The fourth-order valence-corrected chi connectivity index (χ4v) is 2.72. The van der Waals surface area contributed by atoms with E-state index in [9.17, 15) is 15.0 Å². The summed E-state index contributed by atoms with van der Waals surface area (Å²) in [6.45, 7) is 0. The molecule has 0 spiro atoms. The summed E-state index contributed by atoms with van der Waals surface area (Å²) in [6, 6.07) is 9.63.